The predicted molar refractivity (Wildman–Crippen MR) is 110 cm³/mol. The van der Waals surface area contributed by atoms with Gasteiger partial charge in [0.25, 0.3) is 5.91 Å². The molecule has 0 unspecified atom stereocenters. The van der Waals surface area contributed by atoms with Crippen LogP contribution in [0.25, 0.3) is 16.8 Å². The summed E-state index contributed by atoms with van der Waals surface area (Å²) in [7, 11) is 0. The third kappa shape index (κ3) is 4.56. The fraction of sp³-hybridized carbons (Fsp3) is 0.304. The molecule has 3 aromatic rings. The van der Waals surface area contributed by atoms with E-state index in [0.717, 1.165) is 18.9 Å². The van der Waals surface area contributed by atoms with Gasteiger partial charge < -0.3 is 4.90 Å². The van der Waals surface area contributed by atoms with E-state index in [1.807, 2.05) is 6.92 Å². The average molecular weight is 415 g/mol. The number of hydrogen-bond donors (Lipinski definition) is 0. The Morgan fingerprint density at radius 1 is 1.10 bits per heavy atom. The van der Waals surface area contributed by atoms with Crippen molar-refractivity contribution in [1.29, 1.82) is 0 Å². The standard InChI is InChI=1S/C23H24F3N3O/c1-3-5-13-28(4-2)22(30)21-15-27-16-29(21)18-10-8-9-17(14-18)19-11-6-7-12-20(19)23(24,25)26/h6-12,14-16H,3-5,13H2,1-2H3. The first-order chi connectivity index (χ1) is 14.4. The molecule has 7 heteroatoms. The molecule has 0 aliphatic carbocycles. The summed E-state index contributed by atoms with van der Waals surface area (Å²) in [5.74, 6) is -0.149. The van der Waals surface area contributed by atoms with E-state index in [1.54, 1.807) is 39.8 Å². The van der Waals surface area contributed by atoms with E-state index >= 15 is 0 Å². The number of amides is 1. The minimum Gasteiger partial charge on any atom is -0.338 e. The Morgan fingerprint density at radius 2 is 1.87 bits per heavy atom. The molecule has 0 saturated heterocycles. The van der Waals surface area contributed by atoms with Crippen LogP contribution in [0, 0.1) is 0 Å². The fourth-order valence-corrected chi connectivity index (χ4v) is 3.38. The summed E-state index contributed by atoms with van der Waals surface area (Å²) >= 11 is 0. The van der Waals surface area contributed by atoms with E-state index in [9.17, 15) is 18.0 Å². The molecule has 2 aromatic carbocycles. The number of rotatable bonds is 7. The highest BCUT2D eigenvalue weighted by Crippen LogP contribution is 2.37. The zero-order valence-electron chi connectivity index (χ0n) is 17.0. The SMILES string of the molecule is CCCCN(CC)C(=O)c1cncn1-c1cccc(-c2ccccc2C(F)(F)F)c1. The third-order valence-corrected chi connectivity index (χ3v) is 4.98. The highest BCUT2D eigenvalue weighted by Gasteiger charge is 2.33. The molecule has 4 nitrogen and oxygen atoms in total. The van der Waals surface area contributed by atoms with Crippen molar-refractivity contribution >= 4 is 5.91 Å². The number of hydrogen-bond acceptors (Lipinski definition) is 2. The lowest BCUT2D eigenvalue weighted by Gasteiger charge is -2.21. The van der Waals surface area contributed by atoms with Crippen molar-refractivity contribution in [3.63, 3.8) is 0 Å². The minimum absolute atomic E-state index is 0.0953. The van der Waals surface area contributed by atoms with Gasteiger partial charge in [0.15, 0.2) is 0 Å². The summed E-state index contributed by atoms with van der Waals surface area (Å²) in [5.41, 5.74) is 0.788. The van der Waals surface area contributed by atoms with Gasteiger partial charge in [0, 0.05) is 18.8 Å². The molecule has 1 heterocycles. The van der Waals surface area contributed by atoms with Crippen LogP contribution in [0.15, 0.2) is 61.1 Å². The topological polar surface area (TPSA) is 38.1 Å². The van der Waals surface area contributed by atoms with Gasteiger partial charge in [0.2, 0.25) is 0 Å². The Morgan fingerprint density at radius 3 is 2.57 bits per heavy atom. The highest BCUT2D eigenvalue weighted by molar-refractivity contribution is 5.93. The van der Waals surface area contributed by atoms with Crippen molar-refractivity contribution in [2.75, 3.05) is 13.1 Å². The number of halogens is 3. The van der Waals surface area contributed by atoms with Crippen LogP contribution in [0.5, 0.6) is 0 Å². The van der Waals surface area contributed by atoms with Crippen LogP contribution in [0.3, 0.4) is 0 Å². The minimum atomic E-state index is -4.45. The summed E-state index contributed by atoms with van der Waals surface area (Å²) in [6, 6.07) is 12.2. The molecule has 3 rings (SSSR count). The molecular formula is C23H24F3N3O. The van der Waals surface area contributed by atoms with Gasteiger partial charge in [-0.2, -0.15) is 13.2 Å². The molecule has 0 aliphatic heterocycles. The van der Waals surface area contributed by atoms with E-state index in [1.165, 1.54) is 24.7 Å². The molecule has 30 heavy (non-hydrogen) atoms. The lowest BCUT2D eigenvalue weighted by atomic mass is 9.99. The van der Waals surface area contributed by atoms with Crippen LogP contribution in [0.2, 0.25) is 0 Å². The second-order valence-electron chi connectivity index (χ2n) is 6.98. The van der Waals surface area contributed by atoms with Gasteiger partial charge in [0.1, 0.15) is 5.69 Å². The maximum Gasteiger partial charge on any atom is 0.417 e. The van der Waals surface area contributed by atoms with Gasteiger partial charge in [-0.15, -0.1) is 0 Å². The zero-order chi connectivity index (χ0) is 21.7. The van der Waals surface area contributed by atoms with Crippen molar-refractivity contribution in [2.24, 2.45) is 0 Å². The number of unbranched alkanes of at least 4 members (excludes halogenated alkanes) is 1. The van der Waals surface area contributed by atoms with Gasteiger partial charge in [-0.25, -0.2) is 4.98 Å². The molecule has 0 radical (unpaired) electrons. The van der Waals surface area contributed by atoms with Crippen molar-refractivity contribution in [3.05, 3.63) is 72.3 Å². The largest absolute Gasteiger partial charge is 0.417 e. The van der Waals surface area contributed by atoms with Gasteiger partial charge in [0.05, 0.1) is 18.1 Å². The number of carbonyl (C=O) groups is 1. The Labute approximate surface area is 174 Å². The van der Waals surface area contributed by atoms with E-state index in [2.05, 4.69) is 11.9 Å². The van der Waals surface area contributed by atoms with Crippen molar-refractivity contribution in [2.45, 2.75) is 32.9 Å². The van der Waals surface area contributed by atoms with Crippen LogP contribution in [-0.2, 0) is 6.18 Å². The number of benzene rings is 2. The van der Waals surface area contributed by atoms with Gasteiger partial charge in [-0.05, 0) is 42.7 Å². The maximum absolute atomic E-state index is 13.4. The predicted octanol–water partition coefficient (Wildman–Crippen LogP) is 5.82. The van der Waals surface area contributed by atoms with E-state index in [-0.39, 0.29) is 11.5 Å². The van der Waals surface area contributed by atoms with E-state index in [4.69, 9.17) is 0 Å². The normalized spacial score (nSPS) is 11.5. The highest BCUT2D eigenvalue weighted by atomic mass is 19.4. The number of alkyl halides is 3. The molecule has 0 saturated carbocycles. The quantitative estimate of drug-likeness (QED) is 0.488. The third-order valence-electron chi connectivity index (χ3n) is 4.98. The van der Waals surface area contributed by atoms with Gasteiger partial charge >= 0.3 is 6.18 Å². The first kappa shape index (κ1) is 21.6. The molecule has 0 N–H and O–H groups in total. The Kier molecular flexibility index (Phi) is 6.59. The molecule has 0 aliphatic rings. The molecule has 158 valence electrons. The summed E-state index contributed by atoms with van der Waals surface area (Å²) in [5, 5.41) is 0. The fourth-order valence-electron chi connectivity index (χ4n) is 3.38. The summed E-state index contributed by atoms with van der Waals surface area (Å²) < 4.78 is 41.9. The Balaban J connectivity index is 2.00. The van der Waals surface area contributed by atoms with Crippen LogP contribution in [0.4, 0.5) is 13.2 Å². The lowest BCUT2D eigenvalue weighted by Crippen LogP contribution is -2.33. The van der Waals surface area contributed by atoms with E-state index < -0.39 is 11.7 Å². The van der Waals surface area contributed by atoms with Crippen LogP contribution in [0.1, 0.15) is 42.7 Å². The Hall–Kier alpha value is -3.09. The number of nitrogens with zero attached hydrogens (tertiary/aromatic N) is 3. The summed E-state index contributed by atoms with van der Waals surface area (Å²) in [4.78, 5) is 18.9. The molecule has 0 bridgehead atoms. The van der Waals surface area contributed by atoms with E-state index in [0.29, 0.717) is 30.0 Å². The summed E-state index contributed by atoms with van der Waals surface area (Å²) in [6.45, 7) is 5.20. The number of carbonyl (C=O) groups excluding carboxylic acids is 1. The lowest BCUT2D eigenvalue weighted by molar-refractivity contribution is -0.137. The molecule has 0 fully saturated rings. The second-order valence-corrected chi connectivity index (χ2v) is 6.98. The molecule has 1 aromatic heterocycles. The molecule has 0 atom stereocenters. The molecule has 1 amide bonds. The van der Waals surface area contributed by atoms with Crippen LogP contribution < -0.4 is 0 Å². The maximum atomic E-state index is 13.4. The van der Waals surface area contributed by atoms with Crippen molar-refractivity contribution in [3.8, 4) is 16.8 Å². The first-order valence-electron chi connectivity index (χ1n) is 9.95. The van der Waals surface area contributed by atoms with Crippen LogP contribution in [-0.4, -0.2) is 33.4 Å². The average Bonchev–Trinajstić information content (AvgIpc) is 3.23. The van der Waals surface area contributed by atoms with Crippen molar-refractivity contribution in [1.82, 2.24) is 14.5 Å². The van der Waals surface area contributed by atoms with Crippen molar-refractivity contribution < 1.29 is 18.0 Å². The monoisotopic (exact) mass is 415 g/mol. The number of imidazole rings is 1. The summed E-state index contributed by atoms with van der Waals surface area (Å²) in [6.07, 6.45) is 0.424. The van der Waals surface area contributed by atoms with Crippen LogP contribution >= 0.6 is 0 Å². The second kappa shape index (κ2) is 9.15. The Bertz CT molecular complexity index is 1010. The van der Waals surface area contributed by atoms with Gasteiger partial charge in [-0.1, -0.05) is 43.7 Å². The molecular weight excluding hydrogens is 391 g/mol. The molecule has 0 spiro atoms. The smallest absolute Gasteiger partial charge is 0.338 e. The van der Waals surface area contributed by atoms with Gasteiger partial charge in [-0.3, -0.25) is 9.36 Å². The number of aromatic nitrogens is 2. The zero-order valence-corrected chi connectivity index (χ0v) is 17.0. The first-order valence-corrected chi connectivity index (χ1v) is 9.95.